The van der Waals surface area contributed by atoms with Crippen molar-refractivity contribution in [3.05, 3.63) is 22.8 Å². The highest BCUT2D eigenvalue weighted by Gasteiger charge is 2.24. The SMILES string of the molecule is CCCN(C)S(=O)(=O)C1=CCC=C(N2CCNCC2)CC1. The maximum Gasteiger partial charge on any atom is 0.238 e. The van der Waals surface area contributed by atoms with Gasteiger partial charge in [-0.2, -0.15) is 0 Å². The van der Waals surface area contributed by atoms with Gasteiger partial charge in [-0.1, -0.05) is 19.1 Å². The molecule has 0 aromatic carbocycles. The Balaban J connectivity index is 2.00. The van der Waals surface area contributed by atoms with Crippen LogP contribution in [0.3, 0.4) is 0 Å². The van der Waals surface area contributed by atoms with E-state index in [0.717, 1.165) is 39.0 Å². The van der Waals surface area contributed by atoms with Crippen molar-refractivity contribution >= 4 is 10.0 Å². The third kappa shape index (κ3) is 4.08. The molecule has 0 aromatic heterocycles. The first-order valence-electron chi connectivity index (χ1n) is 7.85. The summed E-state index contributed by atoms with van der Waals surface area (Å²) in [6.45, 7) is 6.63. The van der Waals surface area contributed by atoms with Crippen molar-refractivity contribution in [2.24, 2.45) is 0 Å². The van der Waals surface area contributed by atoms with Crippen LogP contribution in [0.1, 0.15) is 32.6 Å². The molecule has 0 bridgehead atoms. The van der Waals surface area contributed by atoms with E-state index in [4.69, 9.17) is 0 Å². The molecule has 1 N–H and O–H groups in total. The van der Waals surface area contributed by atoms with E-state index in [9.17, 15) is 8.42 Å². The number of hydrogen-bond acceptors (Lipinski definition) is 4. The van der Waals surface area contributed by atoms with Gasteiger partial charge in [-0.15, -0.1) is 0 Å². The molecule has 1 aliphatic carbocycles. The first-order valence-corrected chi connectivity index (χ1v) is 9.29. The fourth-order valence-electron chi connectivity index (χ4n) is 2.89. The summed E-state index contributed by atoms with van der Waals surface area (Å²) in [4.78, 5) is 2.97. The first-order chi connectivity index (χ1) is 10.1. The van der Waals surface area contributed by atoms with E-state index in [1.54, 1.807) is 7.05 Å². The van der Waals surface area contributed by atoms with Crippen molar-refractivity contribution in [3.8, 4) is 0 Å². The van der Waals surface area contributed by atoms with Gasteiger partial charge in [-0.3, -0.25) is 0 Å². The summed E-state index contributed by atoms with van der Waals surface area (Å²) >= 11 is 0. The number of piperazine rings is 1. The van der Waals surface area contributed by atoms with Crippen molar-refractivity contribution in [2.75, 3.05) is 39.8 Å². The Morgan fingerprint density at radius 2 is 1.95 bits per heavy atom. The van der Waals surface area contributed by atoms with E-state index in [1.165, 1.54) is 10.0 Å². The Morgan fingerprint density at radius 3 is 2.62 bits per heavy atom. The molecule has 0 unspecified atom stereocenters. The van der Waals surface area contributed by atoms with Gasteiger partial charge < -0.3 is 10.2 Å². The van der Waals surface area contributed by atoms with Gasteiger partial charge in [0.1, 0.15) is 0 Å². The molecular weight excluding hydrogens is 286 g/mol. The second kappa shape index (κ2) is 7.42. The normalized spacial score (nSPS) is 21.0. The zero-order chi connectivity index (χ0) is 15.3. The molecule has 120 valence electrons. The molecule has 2 aliphatic rings. The molecule has 0 saturated carbocycles. The van der Waals surface area contributed by atoms with Crippen LogP contribution in [-0.2, 0) is 10.0 Å². The lowest BCUT2D eigenvalue weighted by atomic mass is 10.2. The number of allylic oxidation sites excluding steroid dienone is 4. The highest BCUT2D eigenvalue weighted by molar-refractivity contribution is 7.93. The average molecular weight is 313 g/mol. The molecule has 6 heteroatoms. The smallest absolute Gasteiger partial charge is 0.238 e. The second-order valence-electron chi connectivity index (χ2n) is 5.67. The van der Waals surface area contributed by atoms with Crippen LogP contribution in [-0.4, -0.2) is 57.4 Å². The summed E-state index contributed by atoms with van der Waals surface area (Å²) in [7, 11) is -1.60. The van der Waals surface area contributed by atoms with Gasteiger partial charge in [0.25, 0.3) is 0 Å². The van der Waals surface area contributed by atoms with Crippen LogP contribution in [0.2, 0.25) is 0 Å². The third-order valence-electron chi connectivity index (χ3n) is 4.13. The molecule has 1 fully saturated rings. The Morgan fingerprint density at radius 1 is 1.24 bits per heavy atom. The van der Waals surface area contributed by atoms with Crippen molar-refractivity contribution in [1.82, 2.24) is 14.5 Å². The largest absolute Gasteiger partial charge is 0.373 e. The van der Waals surface area contributed by atoms with Gasteiger partial charge in [0.2, 0.25) is 10.0 Å². The fourth-order valence-corrected chi connectivity index (χ4v) is 4.38. The summed E-state index contributed by atoms with van der Waals surface area (Å²) in [5, 5.41) is 3.35. The Hall–Kier alpha value is -0.850. The average Bonchev–Trinajstić information content (AvgIpc) is 2.74. The van der Waals surface area contributed by atoms with Gasteiger partial charge in [0.05, 0.1) is 4.91 Å². The third-order valence-corrected chi connectivity index (χ3v) is 6.17. The van der Waals surface area contributed by atoms with Crippen LogP contribution in [0, 0.1) is 0 Å². The van der Waals surface area contributed by atoms with Crippen molar-refractivity contribution in [2.45, 2.75) is 32.6 Å². The maximum atomic E-state index is 12.5. The summed E-state index contributed by atoms with van der Waals surface area (Å²) in [6, 6.07) is 0. The minimum absolute atomic E-state index is 0.581. The first kappa shape index (κ1) is 16.5. The van der Waals surface area contributed by atoms with Gasteiger partial charge >= 0.3 is 0 Å². The molecule has 21 heavy (non-hydrogen) atoms. The minimum Gasteiger partial charge on any atom is -0.373 e. The van der Waals surface area contributed by atoms with Crippen molar-refractivity contribution in [3.63, 3.8) is 0 Å². The lowest BCUT2D eigenvalue weighted by molar-refractivity contribution is 0.290. The number of rotatable bonds is 5. The molecule has 0 atom stereocenters. The zero-order valence-electron chi connectivity index (χ0n) is 13.1. The lowest BCUT2D eigenvalue weighted by Gasteiger charge is -2.31. The predicted octanol–water partition coefficient (Wildman–Crippen LogP) is 1.51. The number of hydrogen-bond donors (Lipinski definition) is 1. The number of sulfonamides is 1. The van der Waals surface area contributed by atoms with Crippen molar-refractivity contribution < 1.29 is 8.42 Å². The molecule has 0 amide bonds. The lowest BCUT2D eigenvalue weighted by Crippen LogP contribution is -2.42. The van der Waals surface area contributed by atoms with E-state index < -0.39 is 10.0 Å². The molecule has 1 aliphatic heterocycles. The van der Waals surface area contributed by atoms with Crippen molar-refractivity contribution in [1.29, 1.82) is 0 Å². The maximum absolute atomic E-state index is 12.5. The van der Waals surface area contributed by atoms with Gasteiger partial charge in [0.15, 0.2) is 0 Å². The summed E-state index contributed by atoms with van der Waals surface area (Å²) in [5.41, 5.74) is 1.30. The molecule has 0 spiro atoms. The molecule has 1 saturated heterocycles. The topological polar surface area (TPSA) is 52.7 Å². The Kier molecular flexibility index (Phi) is 5.84. The van der Waals surface area contributed by atoms with E-state index >= 15 is 0 Å². The van der Waals surface area contributed by atoms with Gasteiger partial charge in [0, 0.05) is 45.5 Å². The Labute approximate surface area is 128 Å². The highest BCUT2D eigenvalue weighted by Crippen LogP contribution is 2.26. The van der Waals surface area contributed by atoms with Crippen LogP contribution in [0.25, 0.3) is 0 Å². The van der Waals surface area contributed by atoms with E-state index in [-0.39, 0.29) is 0 Å². The van der Waals surface area contributed by atoms with Gasteiger partial charge in [-0.25, -0.2) is 12.7 Å². The fraction of sp³-hybridized carbons (Fsp3) is 0.733. The molecule has 0 radical (unpaired) electrons. The minimum atomic E-state index is -3.27. The summed E-state index contributed by atoms with van der Waals surface area (Å²) < 4.78 is 26.5. The van der Waals surface area contributed by atoms with E-state index in [2.05, 4.69) is 16.3 Å². The van der Waals surface area contributed by atoms with Crippen LogP contribution in [0.5, 0.6) is 0 Å². The molecule has 0 aromatic rings. The molecule has 1 heterocycles. The quantitative estimate of drug-likeness (QED) is 0.836. The summed E-state index contributed by atoms with van der Waals surface area (Å²) in [5.74, 6) is 0. The summed E-state index contributed by atoms with van der Waals surface area (Å²) in [6.07, 6.45) is 7.07. The Bertz CT molecular complexity index is 505. The van der Waals surface area contributed by atoms with Crippen LogP contribution >= 0.6 is 0 Å². The standard InChI is InChI=1S/C15H27N3O2S/c1-3-11-17(2)21(19,20)15-6-4-5-14(7-8-15)18-12-9-16-10-13-18/h5-6,16H,3-4,7-13H2,1-2H3. The molecule has 5 nitrogen and oxygen atoms in total. The number of nitrogens with one attached hydrogen (secondary N) is 1. The zero-order valence-corrected chi connectivity index (χ0v) is 14.0. The monoisotopic (exact) mass is 313 g/mol. The highest BCUT2D eigenvalue weighted by atomic mass is 32.2. The van der Waals surface area contributed by atoms with E-state index in [1.807, 2.05) is 13.0 Å². The van der Waals surface area contributed by atoms with Crippen LogP contribution in [0.4, 0.5) is 0 Å². The molecular formula is C15H27N3O2S. The van der Waals surface area contributed by atoms with Gasteiger partial charge in [-0.05, 0) is 25.7 Å². The van der Waals surface area contributed by atoms with E-state index in [0.29, 0.717) is 24.3 Å². The van der Waals surface area contributed by atoms with Crippen LogP contribution in [0.15, 0.2) is 22.8 Å². The van der Waals surface area contributed by atoms with Crippen LogP contribution < -0.4 is 5.32 Å². The predicted molar refractivity (Wildman–Crippen MR) is 86.3 cm³/mol. The molecule has 2 rings (SSSR count). The second-order valence-corrected chi connectivity index (χ2v) is 7.76. The number of nitrogens with zero attached hydrogens (tertiary/aromatic N) is 2.